The third-order valence-corrected chi connectivity index (χ3v) is 5.13. The molecule has 4 rings (SSSR count). The number of para-hydroxylation sites is 1. The van der Waals surface area contributed by atoms with Crippen LogP contribution in [0.15, 0.2) is 77.6 Å². The van der Waals surface area contributed by atoms with Gasteiger partial charge in [-0.05, 0) is 30.3 Å². The van der Waals surface area contributed by atoms with Crippen LogP contribution >= 0.6 is 11.6 Å². The van der Waals surface area contributed by atoms with Gasteiger partial charge in [0, 0.05) is 23.0 Å². The summed E-state index contributed by atoms with van der Waals surface area (Å²) in [5.41, 5.74) is 0.997. The van der Waals surface area contributed by atoms with Crippen molar-refractivity contribution in [3.8, 4) is 11.1 Å². The number of hydrogen-bond donors (Lipinski definition) is 1. The van der Waals surface area contributed by atoms with Crippen molar-refractivity contribution in [3.05, 3.63) is 99.4 Å². The lowest BCUT2D eigenvalue weighted by Crippen LogP contribution is -2.22. The zero-order valence-electron chi connectivity index (χ0n) is 15.4. The maximum absolute atomic E-state index is 14.1. The first-order valence-corrected chi connectivity index (χ1v) is 9.29. The van der Waals surface area contributed by atoms with E-state index in [4.69, 9.17) is 11.6 Å². The Kier molecular flexibility index (Phi) is 4.91. The van der Waals surface area contributed by atoms with Crippen LogP contribution in [-0.4, -0.2) is 10.5 Å². The van der Waals surface area contributed by atoms with E-state index in [2.05, 4.69) is 5.32 Å². The Morgan fingerprint density at radius 2 is 1.62 bits per heavy atom. The maximum Gasteiger partial charge on any atom is 0.259 e. The Morgan fingerprint density at radius 3 is 2.38 bits per heavy atom. The lowest BCUT2D eigenvalue weighted by Gasteiger charge is -2.19. The molecule has 1 aromatic heterocycles. The first-order valence-electron chi connectivity index (χ1n) is 8.91. The van der Waals surface area contributed by atoms with Crippen LogP contribution in [0.1, 0.15) is 10.4 Å². The van der Waals surface area contributed by atoms with Crippen LogP contribution in [0, 0.1) is 5.82 Å². The lowest BCUT2D eigenvalue weighted by atomic mass is 10.0. The number of carbonyl (C=O) groups is 1. The molecule has 0 aliphatic heterocycles. The summed E-state index contributed by atoms with van der Waals surface area (Å²) in [6, 6.07) is 19.7. The number of benzene rings is 3. The van der Waals surface area contributed by atoms with Crippen molar-refractivity contribution in [2.24, 2.45) is 7.05 Å². The van der Waals surface area contributed by atoms with E-state index < -0.39 is 11.7 Å². The number of amides is 1. The van der Waals surface area contributed by atoms with Gasteiger partial charge in [-0.25, -0.2) is 4.39 Å². The third kappa shape index (κ3) is 3.30. The van der Waals surface area contributed by atoms with Crippen molar-refractivity contribution in [1.29, 1.82) is 0 Å². The smallest absolute Gasteiger partial charge is 0.259 e. The van der Waals surface area contributed by atoms with Crippen LogP contribution < -0.4 is 10.7 Å². The molecular formula is C23H16ClFN2O2. The van der Waals surface area contributed by atoms with Gasteiger partial charge in [-0.2, -0.15) is 0 Å². The number of rotatable bonds is 3. The Bertz CT molecular complexity index is 1310. The van der Waals surface area contributed by atoms with E-state index in [0.717, 1.165) is 0 Å². The molecular weight excluding hydrogens is 391 g/mol. The van der Waals surface area contributed by atoms with Crippen LogP contribution in [-0.2, 0) is 7.05 Å². The summed E-state index contributed by atoms with van der Waals surface area (Å²) in [6.07, 6.45) is 0. The minimum Gasteiger partial charge on any atom is -0.330 e. The van der Waals surface area contributed by atoms with Crippen molar-refractivity contribution in [3.63, 3.8) is 0 Å². The lowest BCUT2D eigenvalue weighted by molar-refractivity contribution is 0.102. The number of anilines is 1. The molecule has 1 N–H and O–H groups in total. The summed E-state index contributed by atoms with van der Waals surface area (Å²) in [4.78, 5) is 26.1. The van der Waals surface area contributed by atoms with Gasteiger partial charge in [-0.15, -0.1) is 0 Å². The van der Waals surface area contributed by atoms with Crippen LogP contribution in [0.2, 0.25) is 5.02 Å². The number of carbonyl (C=O) groups excluding carboxylic acids is 1. The molecule has 6 heteroatoms. The molecule has 3 aromatic carbocycles. The number of nitrogens with one attached hydrogen (secondary N) is 1. The molecule has 0 spiro atoms. The Morgan fingerprint density at radius 1 is 0.966 bits per heavy atom. The molecule has 4 nitrogen and oxygen atoms in total. The van der Waals surface area contributed by atoms with Crippen LogP contribution in [0.5, 0.6) is 0 Å². The van der Waals surface area contributed by atoms with E-state index in [0.29, 0.717) is 21.5 Å². The fourth-order valence-electron chi connectivity index (χ4n) is 3.37. The normalized spacial score (nSPS) is 10.9. The standard InChI is InChI=1S/C23H16ClFN2O2/c1-27-19-13-7-4-10-16(19)21(28)20(14-8-2-5-11-17(14)24)22(27)26-23(29)15-9-3-6-12-18(15)25/h2-13H,1H3,(H,26,29). The van der Waals surface area contributed by atoms with Gasteiger partial charge in [-0.3, -0.25) is 9.59 Å². The topological polar surface area (TPSA) is 51.1 Å². The largest absolute Gasteiger partial charge is 0.330 e. The van der Waals surface area contributed by atoms with Gasteiger partial charge in [0.1, 0.15) is 11.6 Å². The molecule has 0 saturated heterocycles. The van der Waals surface area contributed by atoms with E-state index in [1.807, 2.05) is 0 Å². The molecule has 1 amide bonds. The zero-order valence-corrected chi connectivity index (χ0v) is 16.2. The highest BCUT2D eigenvalue weighted by Gasteiger charge is 2.21. The summed E-state index contributed by atoms with van der Waals surface area (Å²) < 4.78 is 15.8. The number of pyridine rings is 1. The van der Waals surface area contributed by atoms with Gasteiger partial charge in [-0.1, -0.05) is 54.1 Å². The summed E-state index contributed by atoms with van der Waals surface area (Å²) in [7, 11) is 1.74. The van der Waals surface area contributed by atoms with E-state index >= 15 is 0 Å². The molecule has 0 saturated carbocycles. The predicted octanol–water partition coefficient (Wildman–Crippen LogP) is 5.25. The highest BCUT2D eigenvalue weighted by atomic mass is 35.5. The Hall–Kier alpha value is -3.44. The number of nitrogens with zero attached hydrogens (tertiary/aromatic N) is 1. The Labute approximate surface area is 171 Å². The second kappa shape index (κ2) is 7.53. The van der Waals surface area contributed by atoms with Crippen molar-refractivity contribution >= 4 is 34.2 Å². The molecule has 0 radical (unpaired) electrons. The van der Waals surface area contributed by atoms with Gasteiger partial charge < -0.3 is 9.88 Å². The molecule has 4 aromatic rings. The second-order valence-corrected chi connectivity index (χ2v) is 6.95. The molecule has 0 bridgehead atoms. The van der Waals surface area contributed by atoms with Gasteiger partial charge >= 0.3 is 0 Å². The summed E-state index contributed by atoms with van der Waals surface area (Å²) in [5.74, 6) is -1.05. The molecule has 144 valence electrons. The number of halogens is 2. The Balaban J connectivity index is 2.00. The summed E-state index contributed by atoms with van der Waals surface area (Å²) >= 11 is 6.36. The van der Waals surface area contributed by atoms with Crippen molar-refractivity contribution in [2.75, 3.05) is 5.32 Å². The SMILES string of the molecule is Cn1c(NC(=O)c2ccccc2F)c(-c2ccccc2Cl)c(=O)c2ccccc21. The van der Waals surface area contributed by atoms with E-state index in [1.165, 1.54) is 18.2 Å². The van der Waals surface area contributed by atoms with Gasteiger partial charge in [0.2, 0.25) is 0 Å². The van der Waals surface area contributed by atoms with Crippen molar-refractivity contribution in [2.45, 2.75) is 0 Å². The highest BCUT2D eigenvalue weighted by Crippen LogP contribution is 2.33. The van der Waals surface area contributed by atoms with Crippen LogP contribution in [0.4, 0.5) is 10.2 Å². The summed E-state index contributed by atoms with van der Waals surface area (Å²) in [5, 5.41) is 3.59. The predicted molar refractivity (Wildman–Crippen MR) is 114 cm³/mol. The van der Waals surface area contributed by atoms with Gasteiger partial charge in [0.05, 0.1) is 16.6 Å². The minimum absolute atomic E-state index is 0.113. The fourth-order valence-corrected chi connectivity index (χ4v) is 3.60. The fraction of sp³-hybridized carbons (Fsp3) is 0.0435. The van der Waals surface area contributed by atoms with Crippen LogP contribution in [0.25, 0.3) is 22.0 Å². The summed E-state index contributed by atoms with van der Waals surface area (Å²) in [6.45, 7) is 0. The molecule has 0 fully saturated rings. The highest BCUT2D eigenvalue weighted by molar-refractivity contribution is 6.33. The minimum atomic E-state index is -0.651. The molecule has 29 heavy (non-hydrogen) atoms. The number of aryl methyl sites for hydroxylation is 1. The molecule has 0 atom stereocenters. The molecule has 0 aliphatic carbocycles. The van der Waals surface area contributed by atoms with E-state index in [9.17, 15) is 14.0 Å². The van der Waals surface area contributed by atoms with Gasteiger partial charge in [0.15, 0.2) is 5.43 Å². The molecule has 0 aliphatic rings. The van der Waals surface area contributed by atoms with Gasteiger partial charge in [0.25, 0.3) is 5.91 Å². The maximum atomic E-state index is 14.1. The first kappa shape index (κ1) is 18.9. The quantitative estimate of drug-likeness (QED) is 0.505. The number of aromatic nitrogens is 1. The van der Waals surface area contributed by atoms with Crippen molar-refractivity contribution < 1.29 is 9.18 Å². The van der Waals surface area contributed by atoms with E-state index in [-0.39, 0.29) is 22.4 Å². The zero-order chi connectivity index (χ0) is 20.5. The number of hydrogen-bond acceptors (Lipinski definition) is 2. The molecule has 0 unspecified atom stereocenters. The third-order valence-electron chi connectivity index (χ3n) is 4.80. The monoisotopic (exact) mass is 406 g/mol. The number of fused-ring (bicyclic) bond motifs is 1. The average Bonchev–Trinajstić information content (AvgIpc) is 2.73. The average molecular weight is 407 g/mol. The first-order chi connectivity index (χ1) is 14.0. The van der Waals surface area contributed by atoms with Crippen LogP contribution in [0.3, 0.4) is 0 Å². The van der Waals surface area contributed by atoms with E-state index in [1.54, 1.807) is 66.2 Å². The van der Waals surface area contributed by atoms with Crippen molar-refractivity contribution in [1.82, 2.24) is 4.57 Å². The second-order valence-electron chi connectivity index (χ2n) is 6.54. The molecule has 1 heterocycles.